The molecule has 117 heavy (non-hydrogen) atoms. The van der Waals surface area contributed by atoms with Gasteiger partial charge in [-0.3, -0.25) is 81.5 Å². The molecule has 15 atom stereocenters. The second kappa shape index (κ2) is 52.1. The molecule has 0 bridgehead atoms. The number of aliphatic hydroxyl groups excluding tert-OH is 1. The predicted octanol–water partition coefficient (Wildman–Crippen LogP) is -3.15. The van der Waals surface area contributed by atoms with Crippen molar-refractivity contribution in [2.24, 2.45) is 35.0 Å². The maximum absolute atomic E-state index is 14.8. The van der Waals surface area contributed by atoms with Crippen molar-refractivity contribution >= 4 is 130 Å². The fourth-order valence-corrected chi connectivity index (χ4v) is 13.9. The van der Waals surface area contributed by atoms with E-state index in [1.807, 2.05) is 0 Å². The molecule has 1 aromatic carbocycles. The Labute approximate surface area is 689 Å². The first-order valence-corrected chi connectivity index (χ1v) is 42.3. The number of nitrogens with two attached hydrogens (primary N) is 3. The van der Waals surface area contributed by atoms with Gasteiger partial charge in [0, 0.05) is 38.8 Å². The number of nitrogens with zero attached hydrogens (tertiary/aromatic N) is 2. The van der Waals surface area contributed by atoms with Gasteiger partial charge in [-0.15, -0.1) is 0 Å². The van der Waals surface area contributed by atoms with E-state index in [0.29, 0.717) is 37.1 Å². The van der Waals surface area contributed by atoms with Crippen LogP contribution in [0.5, 0.6) is 0 Å². The van der Waals surface area contributed by atoms with Crippen LogP contribution in [0, 0.1) is 17.8 Å². The number of unbranched alkanes of at least 4 members (excludes halogenated alkanes) is 1. The average molecular weight is 1690 g/mol. The lowest BCUT2D eigenvalue weighted by atomic mass is 10.0. The maximum Gasteiger partial charge on any atom is 0.326 e. The summed E-state index contributed by atoms with van der Waals surface area (Å²) in [4.78, 5) is 249. The van der Waals surface area contributed by atoms with E-state index >= 15 is 0 Å². The van der Waals surface area contributed by atoms with E-state index in [2.05, 4.69) is 63.8 Å². The molecular formula is C76H123N17O22S2. The molecule has 0 saturated carbocycles. The largest absolute Gasteiger partial charge is 0.481 e. The smallest absolute Gasteiger partial charge is 0.326 e. The predicted molar refractivity (Wildman–Crippen MR) is 432 cm³/mol. The van der Waals surface area contributed by atoms with Gasteiger partial charge in [0.15, 0.2) is 0 Å². The monoisotopic (exact) mass is 1690 g/mol. The number of primary amides is 1. The van der Waals surface area contributed by atoms with E-state index in [1.54, 1.807) is 84.4 Å². The van der Waals surface area contributed by atoms with Gasteiger partial charge in [0.2, 0.25) is 88.6 Å². The van der Waals surface area contributed by atoms with Crippen molar-refractivity contribution in [1.29, 1.82) is 0 Å². The number of aliphatic carboxylic acids is 3. The Morgan fingerprint density at radius 3 is 1.33 bits per heavy atom. The maximum atomic E-state index is 14.8. The Bertz CT molecular complexity index is 3560. The third-order valence-corrected chi connectivity index (χ3v) is 20.7. The highest BCUT2D eigenvalue weighted by Crippen LogP contribution is 2.27. The molecule has 22 N–H and O–H groups in total. The van der Waals surface area contributed by atoms with Crippen LogP contribution in [0.25, 0.3) is 0 Å². The number of likely N-dealkylation sites (tertiary alicyclic amines) is 2. The van der Waals surface area contributed by atoms with Crippen LogP contribution in [-0.4, -0.2) is 278 Å². The summed E-state index contributed by atoms with van der Waals surface area (Å²) in [6, 6.07) is -13.0. The van der Waals surface area contributed by atoms with Crippen molar-refractivity contribution in [2.45, 2.75) is 262 Å². The van der Waals surface area contributed by atoms with Crippen molar-refractivity contribution in [3.8, 4) is 0 Å². The average Bonchev–Trinajstić information content (AvgIpc) is 1.68. The van der Waals surface area contributed by atoms with Gasteiger partial charge in [0.05, 0.1) is 12.6 Å². The summed E-state index contributed by atoms with van der Waals surface area (Å²) in [7, 11) is 0. The fraction of sp³-hybridized carbons (Fsp3) is 0.684. The van der Waals surface area contributed by atoms with Crippen LogP contribution in [0.15, 0.2) is 30.3 Å². The van der Waals surface area contributed by atoms with Crippen molar-refractivity contribution in [3.05, 3.63) is 35.9 Å². The second-order valence-electron chi connectivity index (χ2n) is 30.4. The molecule has 3 rings (SSSR count). The zero-order valence-corrected chi connectivity index (χ0v) is 70.0. The second-order valence-corrected chi connectivity index (χ2v) is 32.4. The number of hydrogen-bond acceptors (Lipinski definition) is 23. The minimum absolute atomic E-state index is 0.0114. The number of carbonyl (C=O) groups is 18. The van der Waals surface area contributed by atoms with Crippen molar-refractivity contribution in [1.82, 2.24) is 73.6 Å². The van der Waals surface area contributed by atoms with E-state index in [0.717, 1.165) is 0 Å². The number of carbonyl (C=O) groups excluding carboxylic acids is 15. The molecule has 15 amide bonds. The molecule has 2 aliphatic heterocycles. The topological polar surface area (TPSA) is 617 Å². The number of thioether (sulfide) groups is 2. The van der Waals surface area contributed by atoms with Crippen LogP contribution in [0.3, 0.4) is 0 Å². The lowest BCUT2D eigenvalue weighted by Gasteiger charge is -2.34. The summed E-state index contributed by atoms with van der Waals surface area (Å²) in [6.07, 6.45) is 0.959. The number of benzene rings is 1. The van der Waals surface area contributed by atoms with Crippen LogP contribution in [0.4, 0.5) is 0 Å². The number of hydrogen-bond donors (Lipinski definition) is 19. The number of rotatable bonds is 54. The van der Waals surface area contributed by atoms with Gasteiger partial charge in [0.25, 0.3) is 0 Å². The van der Waals surface area contributed by atoms with E-state index in [-0.39, 0.29) is 88.5 Å². The van der Waals surface area contributed by atoms with Gasteiger partial charge >= 0.3 is 17.9 Å². The molecule has 0 spiro atoms. The third kappa shape index (κ3) is 35.5. The molecule has 2 fully saturated rings. The summed E-state index contributed by atoms with van der Waals surface area (Å²) < 4.78 is 0. The summed E-state index contributed by atoms with van der Waals surface area (Å²) >= 11 is 2.59. The van der Waals surface area contributed by atoms with Gasteiger partial charge in [-0.25, -0.2) is 4.79 Å². The highest BCUT2D eigenvalue weighted by molar-refractivity contribution is 7.98. The van der Waals surface area contributed by atoms with Gasteiger partial charge in [-0.1, -0.05) is 71.9 Å². The number of aliphatic hydroxyl groups is 1. The zero-order valence-electron chi connectivity index (χ0n) is 68.3. The van der Waals surface area contributed by atoms with Crippen LogP contribution >= 0.6 is 23.5 Å². The first kappa shape index (κ1) is 101. The molecule has 1 aromatic rings. The lowest BCUT2D eigenvalue weighted by molar-refractivity contribution is -0.148. The van der Waals surface area contributed by atoms with Gasteiger partial charge in [-0.2, -0.15) is 23.5 Å². The molecule has 0 aromatic heterocycles. The lowest BCUT2D eigenvalue weighted by Crippen LogP contribution is -2.61. The molecule has 0 radical (unpaired) electrons. The molecule has 0 aliphatic carbocycles. The summed E-state index contributed by atoms with van der Waals surface area (Å²) in [5.41, 5.74) is 17.3. The SMILES string of the molecule is CSCC[C@H](NC(=O)[C@H](CC(C)C)NC(=O)[C@H](CCC(=O)O)NC(=O)[C@H](Cc1ccccc1)NC(=O)[C@H](CCSC)NC(=O)[C@H](CCC(N)=O)NC(=O)[C@H](CCC(=O)O)NC(=O)[C@@H]1CCCN1C(=O)[C@@H]1CCCN1C(=O)[C@H](CC(C)C)NC(=O)[C@H](CO)NC(=O)[C@H](C)NC(=O)[C@@H](NC(=O)[C@H](C)N)C(C)C)C(=O)N[C@@H](CCCCN)C(=O)O. The summed E-state index contributed by atoms with van der Waals surface area (Å²) in [5, 5.41) is 70.3. The number of carboxylic acid groups (broad SMARTS) is 3. The van der Waals surface area contributed by atoms with Crippen LogP contribution < -0.4 is 81.0 Å². The molecule has 2 saturated heterocycles. The number of carboxylic acids is 3. The Morgan fingerprint density at radius 1 is 0.453 bits per heavy atom. The first-order valence-electron chi connectivity index (χ1n) is 39.5. The van der Waals surface area contributed by atoms with E-state index < -0.39 is 248 Å². The summed E-state index contributed by atoms with van der Waals surface area (Å²) in [6.45, 7) is 12.4. The minimum atomic E-state index is -1.75. The Balaban J connectivity index is 1.93. The summed E-state index contributed by atoms with van der Waals surface area (Å²) in [5.74, 6) is -18.1. The van der Waals surface area contributed by atoms with Crippen molar-refractivity contribution < 1.29 is 107 Å². The molecule has 0 unspecified atom stereocenters. The molecule has 41 heteroatoms. The van der Waals surface area contributed by atoms with Crippen LogP contribution in [-0.2, 0) is 92.7 Å². The van der Waals surface area contributed by atoms with Crippen LogP contribution in [0.1, 0.15) is 170 Å². The fourth-order valence-electron chi connectivity index (χ4n) is 13.0. The van der Waals surface area contributed by atoms with E-state index in [1.165, 1.54) is 47.2 Å². The van der Waals surface area contributed by atoms with E-state index in [9.17, 15) is 107 Å². The number of amides is 15. The van der Waals surface area contributed by atoms with Crippen molar-refractivity contribution in [3.63, 3.8) is 0 Å². The van der Waals surface area contributed by atoms with Crippen molar-refractivity contribution in [2.75, 3.05) is 50.3 Å². The molecule has 39 nitrogen and oxygen atoms in total. The van der Waals surface area contributed by atoms with Gasteiger partial charge < -0.3 is 111 Å². The number of nitrogens with one attached hydrogen (secondary N) is 12. The normalized spacial score (nSPS) is 17.2. The van der Waals surface area contributed by atoms with Gasteiger partial charge in [-0.05, 0) is 158 Å². The standard InChI is InChI=1S/C76H123N17O22S2/c1-40(2)36-52(69(107)84-49(29-34-116-9)67(105)86-51(76(114)115)20-14-15-31-77)87-66(104)47(24-27-59(96)97)82-70(108)53(38-45-18-12-11-13-19-45)88-68(106)50(30-35-117-10)83-64(102)46(23-26-58(79)95)81-65(103)48(25-28-60(98)99)85-72(110)56-21-16-32-92(56)75(113)57-22-17-33-93(57)74(112)54(37-41(3)4)89-71(109)55(39-94)90-63(101)44(8)80-73(111)61(42(5)6)91-62(100)43(7)78/h11-13,18-19,40-44,46-57,61,94H,14-17,20-39,77-78H2,1-10H3,(H2,79,95)(H,80,111)(H,81,103)(H,82,108)(H,83,102)(H,84,107)(H,85,110)(H,86,105)(H,87,104)(H,88,106)(H,89,109)(H,90,101)(H,91,100)(H,96,97)(H,98,99)(H,114,115)/t43-,44-,46-,47-,48-,49-,50-,51-,52-,53-,54-,55-,56-,57-,61-/m0/s1. The zero-order chi connectivity index (χ0) is 87.9. The minimum Gasteiger partial charge on any atom is -0.481 e. The molecule has 656 valence electrons. The molecule has 2 aliphatic rings. The molecular weight excluding hydrogens is 1570 g/mol. The van der Waals surface area contributed by atoms with Crippen LogP contribution in [0.2, 0.25) is 0 Å². The Hall–Kier alpha value is -9.74. The van der Waals surface area contributed by atoms with Gasteiger partial charge in [0.1, 0.15) is 84.6 Å². The third-order valence-electron chi connectivity index (χ3n) is 19.4. The highest BCUT2D eigenvalue weighted by atomic mass is 32.2. The quantitative estimate of drug-likeness (QED) is 0.0287. The van der Waals surface area contributed by atoms with E-state index in [4.69, 9.17) is 17.2 Å². The highest BCUT2D eigenvalue weighted by Gasteiger charge is 2.46. The Morgan fingerprint density at radius 2 is 0.872 bits per heavy atom. The Kier molecular flexibility index (Phi) is 45.2. The first-order chi connectivity index (χ1) is 55.2. The molecule has 2 heterocycles.